The molecule has 1 aliphatic rings. The van der Waals surface area contributed by atoms with Gasteiger partial charge in [0.15, 0.2) is 5.78 Å². The molecule has 162 valence electrons. The molecule has 0 aromatic heterocycles. The molecule has 2 N–H and O–H groups in total. The molecule has 2 aromatic rings. The molecule has 0 aliphatic carbocycles. The summed E-state index contributed by atoms with van der Waals surface area (Å²) in [6.07, 6.45) is 0.963. The number of rotatable bonds is 6. The van der Waals surface area contributed by atoms with Gasteiger partial charge >= 0.3 is 0 Å². The van der Waals surface area contributed by atoms with Gasteiger partial charge in [-0.1, -0.05) is 18.2 Å². The number of piperidine rings is 1. The van der Waals surface area contributed by atoms with Crippen LogP contribution < -0.4 is 10.6 Å². The first-order valence-corrected chi connectivity index (χ1v) is 9.88. The standard InChI is InChI=1S/C22H24N4O5/c1-24(2)18-8-7-15(13-19(18)26(30)31)20(27)16-5-3-4-6-17(16)22(29)25-11-9-14(10-12-25)21(23)28/h3-8,13-14H,9-12H2,1-2H3,(H2,23,28). The lowest BCUT2D eigenvalue weighted by molar-refractivity contribution is -0.384. The van der Waals surface area contributed by atoms with Gasteiger partial charge in [0.2, 0.25) is 5.91 Å². The number of hydrogen-bond acceptors (Lipinski definition) is 6. The lowest BCUT2D eigenvalue weighted by atomic mass is 9.94. The zero-order valence-corrected chi connectivity index (χ0v) is 17.4. The normalized spacial score (nSPS) is 14.2. The Bertz CT molecular complexity index is 1040. The predicted molar refractivity (Wildman–Crippen MR) is 115 cm³/mol. The van der Waals surface area contributed by atoms with Crippen molar-refractivity contribution in [3.8, 4) is 0 Å². The fourth-order valence-electron chi connectivity index (χ4n) is 3.75. The minimum Gasteiger partial charge on any atom is -0.372 e. The maximum atomic E-state index is 13.2. The van der Waals surface area contributed by atoms with Crippen LogP contribution in [0.15, 0.2) is 42.5 Å². The molecule has 9 heteroatoms. The van der Waals surface area contributed by atoms with E-state index in [-0.39, 0.29) is 40.1 Å². The summed E-state index contributed by atoms with van der Waals surface area (Å²) in [4.78, 5) is 51.8. The lowest BCUT2D eigenvalue weighted by Crippen LogP contribution is -2.42. The maximum Gasteiger partial charge on any atom is 0.293 e. The van der Waals surface area contributed by atoms with Crippen LogP contribution >= 0.6 is 0 Å². The Labute approximate surface area is 179 Å². The smallest absolute Gasteiger partial charge is 0.293 e. The molecule has 0 bridgehead atoms. The molecular formula is C22H24N4O5. The fraction of sp³-hybridized carbons (Fsp3) is 0.318. The van der Waals surface area contributed by atoms with E-state index in [4.69, 9.17) is 5.73 Å². The number of carbonyl (C=O) groups is 3. The number of nitrogens with two attached hydrogens (primary N) is 1. The van der Waals surface area contributed by atoms with Crippen molar-refractivity contribution >= 4 is 29.0 Å². The molecule has 2 aromatic carbocycles. The van der Waals surface area contributed by atoms with Crippen molar-refractivity contribution < 1.29 is 19.3 Å². The molecule has 0 unspecified atom stereocenters. The Hall–Kier alpha value is -3.75. The second-order valence-electron chi connectivity index (χ2n) is 7.70. The van der Waals surface area contributed by atoms with E-state index in [0.717, 1.165) is 0 Å². The summed E-state index contributed by atoms with van der Waals surface area (Å²) >= 11 is 0. The highest BCUT2D eigenvalue weighted by Gasteiger charge is 2.29. The second kappa shape index (κ2) is 8.95. The molecule has 3 rings (SSSR count). The quantitative estimate of drug-likeness (QED) is 0.430. The number of ketones is 1. The molecule has 0 atom stereocenters. The van der Waals surface area contributed by atoms with Gasteiger partial charge in [-0.15, -0.1) is 0 Å². The van der Waals surface area contributed by atoms with Gasteiger partial charge in [-0.05, 0) is 31.0 Å². The van der Waals surface area contributed by atoms with E-state index in [1.54, 1.807) is 42.1 Å². The number of primary amides is 1. The summed E-state index contributed by atoms with van der Waals surface area (Å²) in [5.74, 6) is -1.40. The van der Waals surface area contributed by atoms with Crippen LogP contribution in [-0.4, -0.2) is 54.6 Å². The van der Waals surface area contributed by atoms with Crippen LogP contribution in [0.2, 0.25) is 0 Å². The van der Waals surface area contributed by atoms with Gasteiger partial charge in [-0.2, -0.15) is 0 Å². The Morgan fingerprint density at radius 3 is 2.23 bits per heavy atom. The van der Waals surface area contributed by atoms with Crippen molar-refractivity contribution in [3.05, 3.63) is 69.3 Å². The number of hydrogen-bond donors (Lipinski definition) is 1. The number of benzene rings is 2. The second-order valence-corrected chi connectivity index (χ2v) is 7.70. The van der Waals surface area contributed by atoms with E-state index in [1.807, 2.05) is 0 Å². The molecular weight excluding hydrogens is 400 g/mol. The highest BCUT2D eigenvalue weighted by atomic mass is 16.6. The van der Waals surface area contributed by atoms with Crippen LogP contribution in [0.5, 0.6) is 0 Å². The first-order valence-electron chi connectivity index (χ1n) is 9.88. The Kier molecular flexibility index (Phi) is 6.33. The SMILES string of the molecule is CN(C)c1ccc(C(=O)c2ccccc2C(=O)N2CCC(C(N)=O)CC2)cc1[N+](=O)[O-]. The summed E-state index contributed by atoms with van der Waals surface area (Å²) < 4.78 is 0. The largest absolute Gasteiger partial charge is 0.372 e. The molecule has 9 nitrogen and oxygen atoms in total. The molecule has 1 fully saturated rings. The van der Waals surface area contributed by atoms with Crippen molar-refractivity contribution in [2.24, 2.45) is 11.7 Å². The van der Waals surface area contributed by atoms with Gasteiger partial charge in [0.1, 0.15) is 5.69 Å². The third-order valence-corrected chi connectivity index (χ3v) is 5.50. The number of likely N-dealkylation sites (tertiary alicyclic amines) is 1. The molecule has 31 heavy (non-hydrogen) atoms. The zero-order chi connectivity index (χ0) is 22.7. The van der Waals surface area contributed by atoms with Crippen molar-refractivity contribution in [3.63, 3.8) is 0 Å². The molecule has 0 spiro atoms. The van der Waals surface area contributed by atoms with Crippen LogP contribution in [0.4, 0.5) is 11.4 Å². The molecule has 1 aliphatic heterocycles. The third kappa shape index (κ3) is 4.55. The van der Waals surface area contributed by atoms with Crippen LogP contribution in [0.25, 0.3) is 0 Å². The number of nitrogens with zero attached hydrogens (tertiary/aromatic N) is 3. The Morgan fingerprint density at radius 1 is 1.06 bits per heavy atom. The monoisotopic (exact) mass is 424 g/mol. The highest BCUT2D eigenvalue weighted by Crippen LogP contribution is 2.29. The van der Waals surface area contributed by atoms with E-state index < -0.39 is 10.7 Å². The number of nitro groups is 1. The molecule has 1 saturated heterocycles. The van der Waals surface area contributed by atoms with Gasteiger partial charge in [-0.3, -0.25) is 24.5 Å². The number of anilines is 1. The number of carbonyl (C=O) groups excluding carboxylic acids is 3. The van der Waals surface area contributed by atoms with E-state index in [0.29, 0.717) is 31.6 Å². The van der Waals surface area contributed by atoms with E-state index >= 15 is 0 Å². The highest BCUT2D eigenvalue weighted by molar-refractivity contribution is 6.15. The van der Waals surface area contributed by atoms with Gasteiger partial charge in [0.05, 0.1) is 10.5 Å². The van der Waals surface area contributed by atoms with E-state index in [2.05, 4.69) is 0 Å². The summed E-state index contributed by atoms with van der Waals surface area (Å²) in [6.45, 7) is 0.746. The summed E-state index contributed by atoms with van der Waals surface area (Å²) in [6, 6.07) is 10.7. The van der Waals surface area contributed by atoms with Crippen molar-refractivity contribution in [2.45, 2.75) is 12.8 Å². The van der Waals surface area contributed by atoms with Crippen LogP contribution in [-0.2, 0) is 4.79 Å². The first-order chi connectivity index (χ1) is 14.7. The van der Waals surface area contributed by atoms with Crippen LogP contribution in [0, 0.1) is 16.0 Å². The van der Waals surface area contributed by atoms with Crippen LogP contribution in [0.1, 0.15) is 39.1 Å². The van der Waals surface area contributed by atoms with Gasteiger partial charge in [0, 0.05) is 50.3 Å². The van der Waals surface area contributed by atoms with Crippen molar-refractivity contribution in [1.29, 1.82) is 0 Å². The Balaban J connectivity index is 1.91. The maximum absolute atomic E-state index is 13.2. The minimum atomic E-state index is -0.536. The Morgan fingerprint density at radius 2 is 1.68 bits per heavy atom. The van der Waals surface area contributed by atoms with Gasteiger partial charge in [0.25, 0.3) is 11.6 Å². The molecule has 2 amide bonds. The number of amides is 2. The van der Waals surface area contributed by atoms with Crippen molar-refractivity contribution in [1.82, 2.24) is 4.90 Å². The van der Waals surface area contributed by atoms with E-state index in [1.165, 1.54) is 24.3 Å². The first kappa shape index (κ1) is 21.9. The average Bonchev–Trinajstić information content (AvgIpc) is 2.77. The van der Waals surface area contributed by atoms with Crippen molar-refractivity contribution in [2.75, 3.05) is 32.1 Å². The van der Waals surface area contributed by atoms with E-state index in [9.17, 15) is 24.5 Å². The van der Waals surface area contributed by atoms with Crippen LogP contribution in [0.3, 0.4) is 0 Å². The zero-order valence-electron chi connectivity index (χ0n) is 17.4. The minimum absolute atomic E-state index is 0.130. The topological polar surface area (TPSA) is 127 Å². The lowest BCUT2D eigenvalue weighted by Gasteiger charge is -2.31. The average molecular weight is 424 g/mol. The molecule has 0 saturated carbocycles. The summed E-state index contributed by atoms with van der Waals surface area (Å²) in [5, 5.41) is 11.5. The molecule has 1 heterocycles. The molecule has 0 radical (unpaired) electrons. The fourth-order valence-corrected chi connectivity index (χ4v) is 3.75. The summed E-state index contributed by atoms with van der Waals surface area (Å²) in [7, 11) is 3.36. The predicted octanol–water partition coefficient (Wildman–Crippen LogP) is 2.23. The van der Waals surface area contributed by atoms with Gasteiger partial charge in [-0.25, -0.2) is 0 Å². The summed E-state index contributed by atoms with van der Waals surface area (Å²) in [5.41, 5.74) is 6.08. The number of nitro benzene ring substituents is 1. The van der Waals surface area contributed by atoms with Gasteiger partial charge < -0.3 is 15.5 Å². The third-order valence-electron chi connectivity index (χ3n) is 5.50.